The number of anilines is 2. The second-order valence-electron chi connectivity index (χ2n) is 7.24. The number of hydrogen-bond acceptors (Lipinski definition) is 1. The van der Waals surface area contributed by atoms with Crippen LogP contribution in [0, 0.1) is 0 Å². The first-order chi connectivity index (χ1) is 11.5. The van der Waals surface area contributed by atoms with Crippen LogP contribution in [0.4, 0.5) is 11.4 Å². The summed E-state index contributed by atoms with van der Waals surface area (Å²) in [5, 5.41) is 0. The van der Waals surface area contributed by atoms with Crippen molar-refractivity contribution in [3.8, 4) is 11.1 Å². The summed E-state index contributed by atoms with van der Waals surface area (Å²) in [6.45, 7) is 6.74. The average Bonchev–Trinajstić information content (AvgIpc) is 2.61. The molecule has 3 aromatic rings. The standard InChI is InChI=1S/C23H25N/c1-23(2,3)19-14-16-20(17-15-19)24(4)22-13-9-8-12-21(22)18-10-6-5-7-11-18/h5-17H,1-4H3. The molecule has 0 aliphatic rings. The molecule has 0 fully saturated rings. The molecular formula is C23H25N. The summed E-state index contributed by atoms with van der Waals surface area (Å²) in [5.74, 6) is 0. The second kappa shape index (κ2) is 6.52. The molecule has 0 bridgehead atoms. The maximum Gasteiger partial charge on any atom is 0.0487 e. The monoisotopic (exact) mass is 315 g/mol. The minimum absolute atomic E-state index is 0.180. The van der Waals surface area contributed by atoms with E-state index in [9.17, 15) is 0 Å². The summed E-state index contributed by atoms with van der Waals surface area (Å²) in [6, 6.07) is 28.0. The van der Waals surface area contributed by atoms with Crippen LogP contribution in [0.3, 0.4) is 0 Å². The van der Waals surface area contributed by atoms with Gasteiger partial charge in [0.2, 0.25) is 0 Å². The Morgan fingerprint density at radius 1 is 0.667 bits per heavy atom. The molecule has 0 atom stereocenters. The highest BCUT2D eigenvalue weighted by atomic mass is 15.1. The molecule has 0 aliphatic heterocycles. The van der Waals surface area contributed by atoms with E-state index in [1.807, 2.05) is 0 Å². The van der Waals surface area contributed by atoms with E-state index in [-0.39, 0.29) is 5.41 Å². The van der Waals surface area contributed by atoms with Crippen molar-refractivity contribution in [3.05, 3.63) is 84.4 Å². The van der Waals surface area contributed by atoms with Crippen LogP contribution >= 0.6 is 0 Å². The highest BCUT2D eigenvalue weighted by Gasteiger charge is 2.15. The van der Waals surface area contributed by atoms with Gasteiger partial charge in [0.15, 0.2) is 0 Å². The summed E-state index contributed by atoms with van der Waals surface area (Å²) in [5.41, 5.74) is 6.44. The molecule has 0 amide bonds. The first-order valence-corrected chi connectivity index (χ1v) is 8.45. The number of para-hydroxylation sites is 1. The van der Waals surface area contributed by atoms with Gasteiger partial charge in [-0.25, -0.2) is 0 Å². The van der Waals surface area contributed by atoms with E-state index in [0.717, 1.165) is 0 Å². The largest absolute Gasteiger partial charge is 0.344 e. The molecule has 122 valence electrons. The minimum Gasteiger partial charge on any atom is -0.344 e. The van der Waals surface area contributed by atoms with Gasteiger partial charge in [-0.3, -0.25) is 0 Å². The van der Waals surface area contributed by atoms with Crippen molar-refractivity contribution < 1.29 is 0 Å². The van der Waals surface area contributed by atoms with Gasteiger partial charge in [0.05, 0.1) is 0 Å². The Bertz CT molecular complexity index is 795. The molecule has 0 spiro atoms. The number of rotatable bonds is 3. The van der Waals surface area contributed by atoms with Gasteiger partial charge in [0.25, 0.3) is 0 Å². The van der Waals surface area contributed by atoms with Gasteiger partial charge < -0.3 is 4.90 Å². The van der Waals surface area contributed by atoms with E-state index >= 15 is 0 Å². The molecule has 0 saturated carbocycles. The summed E-state index contributed by atoms with van der Waals surface area (Å²) in [7, 11) is 2.13. The van der Waals surface area contributed by atoms with Crippen molar-refractivity contribution in [2.45, 2.75) is 26.2 Å². The molecule has 0 aromatic heterocycles. The Morgan fingerprint density at radius 2 is 1.25 bits per heavy atom. The molecule has 0 saturated heterocycles. The molecule has 24 heavy (non-hydrogen) atoms. The fraction of sp³-hybridized carbons (Fsp3) is 0.217. The van der Waals surface area contributed by atoms with Crippen molar-refractivity contribution in [1.29, 1.82) is 0 Å². The predicted octanol–water partition coefficient (Wildman–Crippen LogP) is 6.42. The molecule has 0 unspecified atom stereocenters. The van der Waals surface area contributed by atoms with Crippen molar-refractivity contribution in [3.63, 3.8) is 0 Å². The molecule has 3 rings (SSSR count). The zero-order valence-electron chi connectivity index (χ0n) is 15.0. The summed E-state index contributed by atoms with van der Waals surface area (Å²) < 4.78 is 0. The molecule has 0 N–H and O–H groups in total. The maximum absolute atomic E-state index is 2.26. The van der Waals surface area contributed by atoms with Gasteiger partial charge in [0, 0.05) is 24.0 Å². The fourth-order valence-electron chi connectivity index (χ4n) is 2.95. The first kappa shape index (κ1) is 16.3. The molecule has 0 aliphatic carbocycles. The van der Waals surface area contributed by atoms with Crippen LogP contribution in [0.1, 0.15) is 26.3 Å². The molecule has 3 aromatic carbocycles. The quantitative estimate of drug-likeness (QED) is 0.539. The Balaban J connectivity index is 1.98. The van der Waals surface area contributed by atoms with E-state index in [1.165, 1.54) is 28.1 Å². The van der Waals surface area contributed by atoms with Crippen LogP contribution in [-0.4, -0.2) is 7.05 Å². The van der Waals surface area contributed by atoms with Crippen molar-refractivity contribution in [2.24, 2.45) is 0 Å². The molecule has 1 heteroatoms. The van der Waals surface area contributed by atoms with Crippen LogP contribution in [0.2, 0.25) is 0 Å². The Kier molecular flexibility index (Phi) is 4.44. The van der Waals surface area contributed by atoms with Crippen LogP contribution < -0.4 is 4.90 Å². The molecule has 0 heterocycles. The lowest BCUT2D eigenvalue weighted by molar-refractivity contribution is 0.590. The highest BCUT2D eigenvalue weighted by Crippen LogP contribution is 2.34. The second-order valence-corrected chi connectivity index (χ2v) is 7.24. The van der Waals surface area contributed by atoms with Gasteiger partial charge in [-0.15, -0.1) is 0 Å². The van der Waals surface area contributed by atoms with Crippen LogP contribution in [0.5, 0.6) is 0 Å². The van der Waals surface area contributed by atoms with Gasteiger partial charge in [-0.1, -0.05) is 81.4 Å². The third kappa shape index (κ3) is 3.35. The fourth-order valence-corrected chi connectivity index (χ4v) is 2.95. The zero-order valence-corrected chi connectivity index (χ0v) is 15.0. The third-order valence-corrected chi connectivity index (χ3v) is 4.47. The minimum atomic E-state index is 0.180. The van der Waals surface area contributed by atoms with E-state index in [0.29, 0.717) is 0 Å². The number of hydrogen-bond donors (Lipinski definition) is 0. The van der Waals surface area contributed by atoms with Gasteiger partial charge in [-0.2, -0.15) is 0 Å². The van der Waals surface area contributed by atoms with Gasteiger partial charge in [0.1, 0.15) is 0 Å². The van der Waals surface area contributed by atoms with Crippen molar-refractivity contribution in [1.82, 2.24) is 0 Å². The van der Waals surface area contributed by atoms with Crippen LogP contribution in [0.15, 0.2) is 78.9 Å². The summed E-state index contributed by atoms with van der Waals surface area (Å²) in [6.07, 6.45) is 0. The lowest BCUT2D eigenvalue weighted by atomic mass is 9.87. The average molecular weight is 315 g/mol. The molecule has 1 nitrogen and oxygen atoms in total. The predicted molar refractivity (Wildman–Crippen MR) is 105 cm³/mol. The Labute approximate surface area is 145 Å². The molecule has 0 radical (unpaired) electrons. The van der Waals surface area contributed by atoms with E-state index < -0.39 is 0 Å². The zero-order chi connectivity index (χ0) is 17.2. The first-order valence-electron chi connectivity index (χ1n) is 8.45. The Morgan fingerprint density at radius 3 is 1.88 bits per heavy atom. The smallest absolute Gasteiger partial charge is 0.0487 e. The van der Waals surface area contributed by atoms with Crippen molar-refractivity contribution >= 4 is 11.4 Å². The third-order valence-electron chi connectivity index (χ3n) is 4.47. The van der Waals surface area contributed by atoms with Gasteiger partial charge >= 0.3 is 0 Å². The van der Waals surface area contributed by atoms with Gasteiger partial charge in [-0.05, 0) is 34.7 Å². The normalized spacial score (nSPS) is 11.3. The summed E-state index contributed by atoms with van der Waals surface area (Å²) in [4.78, 5) is 2.26. The highest BCUT2D eigenvalue weighted by molar-refractivity contribution is 5.82. The number of nitrogens with zero attached hydrogens (tertiary/aromatic N) is 1. The Hall–Kier alpha value is -2.54. The van der Waals surface area contributed by atoms with Crippen LogP contribution in [0.25, 0.3) is 11.1 Å². The van der Waals surface area contributed by atoms with Crippen LogP contribution in [-0.2, 0) is 5.41 Å². The van der Waals surface area contributed by atoms with E-state index in [1.54, 1.807) is 0 Å². The molecular weight excluding hydrogens is 290 g/mol. The topological polar surface area (TPSA) is 3.24 Å². The maximum atomic E-state index is 2.26. The lowest BCUT2D eigenvalue weighted by Gasteiger charge is -2.25. The van der Waals surface area contributed by atoms with E-state index in [2.05, 4.69) is 112 Å². The summed E-state index contributed by atoms with van der Waals surface area (Å²) >= 11 is 0. The van der Waals surface area contributed by atoms with E-state index in [4.69, 9.17) is 0 Å². The SMILES string of the molecule is CN(c1ccc(C(C)(C)C)cc1)c1ccccc1-c1ccccc1. The van der Waals surface area contributed by atoms with Crippen molar-refractivity contribution in [2.75, 3.05) is 11.9 Å². The number of benzene rings is 3. The lowest BCUT2D eigenvalue weighted by Crippen LogP contribution is -2.13.